The zero-order valence-electron chi connectivity index (χ0n) is 10.3. The van der Waals surface area contributed by atoms with Gasteiger partial charge in [0.05, 0.1) is 16.8 Å². The van der Waals surface area contributed by atoms with Crippen molar-refractivity contribution in [3.8, 4) is 0 Å². The number of hydrogen-bond acceptors (Lipinski definition) is 5. The fraction of sp³-hybridized carbons (Fsp3) is 0.167. The fourth-order valence-corrected chi connectivity index (χ4v) is 1.79. The highest BCUT2D eigenvalue weighted by Crippen LogP contribution is 2.15. The number of rotatable bonds is 5. The molecule has 20 heavy (non-hydrogen) atoms. The Kier molecular flexibility index (Phi) is 4.31. The normalized spacial score (nSPS) is 10.2. The highest BCUT2D eigenvalue weighted by atomic mass is 35.5. The summed E-state index contributed by atoms with van der Waals surface area (Å²) in [6, 6.07) is 6.29. The monoisotopic (exact) mass is 294 g/mol. The van der Waals surface area contributed by atoms with Crippen molar-refractivity contribution in [3.05, 3.63) is 61.5 Å². The first kappa shape index (κ1) is 14.0. The fourth-order valence-electron chi connectivity index (χ4n) is 1.63. The van der Waals surface area contributed by atoms with Crippen LogP contribution in [-0.4, -0.2) is 21.7 Å². The molecule has 0 aliphatic carbocycles. The summed E-state index contributed by atoms with van der Waals surface area (Å²) >= 11 is 5.81. The van der Waals surface area contributed by atoms with Crippen molar-refractivity contribution in [3.63, 3.8) is 0 Å². The number of anilines is 1. The second-order valence-corrected chi connectivity index (χ2v) is 4.41. The zero-order valence-corrected chi connectivity index (χ0v) is 11.1. The van der Waals surface area contributed by atoms with E-state index < -0.39 is 10.5 Å². The molecule has 0 saturated carbocycles. The molecule has 0 fully saturated rings. The number of nitrogens with zero attached hydrogens (tertiary/aromatic N) is 2. The number of non-ortho nitro benzene ring substituents is 1. The Bertz CT molecular complexity index is 669. The molecule has 0 unspecified atom stereocenters. The number of nitro groups is 1. The first-order valence-electron chi connectivity index (χ1n) is 5.78. The van der Waals surface area contributed by atoms with Crippen LogP contribution in [0.5, 0.6) is 0 Å². The number of benzene rings is 1. The van der Waals surface area contributed by atoms with E-state index >= 15 is 0 Å². The summed E-state index contributed by atoms with van der Waals surface area (Å²) in [4.78, 5) is 21.3. The molecule has 2 N–H and O–H groups in total. The third-order valence-corrected chi connectivity index (χ3v) is 3.05. The molecule has 1 heterocycles. The molecular formula is C12H11ClN4O3. The van der Waals surface area contributed by atoms with E-state index in [0.717, 1.165) is 5.56 Å². The van der Waals surface area contributed by atoms with Gasteiger partial charge < -0.3 is 5.32 Å². The molecular weight excluding hydrogens is 284 g/mol. The van der Waals surface area contributed by atoms with Gasteiger partial charge in [-0.05, 0) is 12.0 Å². The molecule has 1 aromatic carbocycles. The molecule has 8 heteroatoms. The number of nitrogens with one attached hydrogen (secondary N) is 2. The van der Waals surface area contributed by atoms with Crippen LogP contribution >= 0.6 is 11.6 Å². The van der Waals surface area contributed by atoms with Gasteiger partial charge in [-0.15, -0.1) is 0 Å². The van der Waals surface area contributed by atoms with E-state index in [0.29, 0.717) is 18.7 Å². The minimum Gasteiger partial charge on any atom is -0.382 e. The molecule has 0 radical (unpaired) electrons. The van der Waals surface area contributed by atoms with Crippen molar-refractivity contribution in [2.24, 2.45) is 0 Å². The molecule has 0 saturated heterocycles. The van der Waals surface area contributed by atoms with Crippen molar-refractivity contribution >= 4 is 23.0 Å². The molecule has 0 amide bonds. The standard InChI is InChI=1S/C12H11ClN4O3/c13-11-10(7-15-16-12(11)18)14-6-5-8-1-3-9(4-2-8)17(19)20/h1-4,7H,5-6H2,(H2,14,16,18). The van der Waals surface area contributed by atoms with Gasteiger partial charge in [-0.25, -0.2) is 5.10 Å². The summed E-state index contributed by atoms with van der Waals surface area (Å²) in [5.74, 6) is 0. The van der Waals surface area contributed by atoms with Gasteiger partial charge in [-0.1, -0.05) is 23.7 Å². The third-order valence-electron chi connectivity index (χ3n) is 2.67. The van der Waals surface area contributed by atoms with Gasteiger partial charge in [-0.2, -0.15) is 5.10 Å². The molecule has 0 atom stereocenters. The van der Waals surface area contributed by atoms with E-state index in [-0.39, 0.29) is 10.7 Å². The predicted molar refractivity (Wildman–Crippen MR) is 75.2 cm³/mol. The first-order chi connectivity index (χ1) is 9.58. The molecule has 0 bridgehead atoms. The van der Waals surface area contributed by atoms with Gasteiger partial charge >= 0.3 is 0 Å². The topological polar surface area (TPSA) is 101 Å². The van der Waals surface area contributed by atoms with E-state index in [9.17, 15) is 14.9 Å². The largest absolute Gasteiger partial charge is 0.382 e. The lowest BCUT2D eigenvalue weighted by Crippen LogP contribution is -2.13. The summed E-state index contributed by atoms with van der Waals surface area (Å²) in [5, 5.41) is 19.4. The minimum atomic E-state index is -0.452. The van der Waals surface area contributed by atoms with Crippen LogP contribution in [0.1, 0.15) is 5.56 Å². The van der Waals surface area contributed by atoms with Crippen LogP contribution in [0.25, 0.3) is 0 Å². The highest BCUT2D eigenvalue weighted by Gasteiger charge is 2.05. The lowest BCUT2D eigenvalue weighted by Gasteiger charge is -2.06. The van der Waals surface area contributed by atoms with E-state index in [1.807, 2.05) is 0 Å². The number of halogens is 1. The predicted octanol–water partition coefficient (Wildman–Crippen LogP) is 1.99. The lowest BCUT2D eigenvalue weighted by molar-refractivity contribution is -0.384. The van der Waals surface area contributed by atoms with Gasteiger partial charge in [0.1, 0.15) is 5.02 Å². The molecule has 104 valence electrons. The van der Waals surface area contributed by atoms with Gasteiger partial charge in [0.2, 0.25) is 0 Å². The maximum absolute atomic E-state index is 11.2. The Morgan fingerprint density at radius 1 is 1.35 bits per heavy atom. The summed E-state index contributed by atoms with van der Waals surface area (Å²) in [7, 11) is 0. The molecule has 7 nitrogen and oxygen atoms in total. The van der Waals surface area contributed by atoms with E-state index in [2.05, 4.69) is 15.5 Å². The number of hydrogen-bond donors (Lipinski definition) is 2. The summed E-state index contributed by atoms with van der Waals surface area (Å²) < 4.78 is 0. The minimum absolute atomic E-state index is 0.0588. The van der Waals surface area contributed by atoms with Gasteiger partial charge in [0.25, 0.3) is 11.2 Å². The van der Waals surface area contributed by atoms with Crippen molar-refractivity contribution in [1.29, 1.82) is 0 Å². The zero-order chi connectivity index (χ0) is 14.5. The summed E-state index contributed by atoms with van der Waals surface area (Å²) in [5.41, 5.74) is 1.00. The van der Waals surface area contributed by atoms with Crippen molar-refractivity contribution in [1.82, 2.24) is 10.2 Å². The van der Waals surface area contributed by atoms with Crippen molar-refractivity contribution in [2.75, 3.05) is 11.9 Å². The van der Waals surface area contributed by atoms with Crippen LogP contribution < -0.4 is 10.9 Å². The molecule has 1 aromatic heterocycles. The van der Waals surface area contributed by atoms with Gasteiger partial charge in [0.15, 0.2) is 0 Å². The number of nitro benzene ring substituents is 1. The maximum Gasteiger partial charge on any atom is 0.285 e. The Balaban J connectivity index is 1.94. The summed E-state index contributed by atoms with van der Waals surface area (Å²) in [6.45, 7) is 0.530. The Morgan fingerprint density at radius 2 is 2.05 bits per heavy atom. The average molecular weight is 295 g/mol. The van der Waals surface area contributed by atoms with Crippen LogP contribution in [-0.2, 0) is 6.42 Å². The number of aromatic nitrogens is 2. The Morgan fingerprint density at radius 3 is 2.70 bits per heavy atom. The first-order valence-corrected chi connectivity index (χ1v) is 6.16. The van der Waals surface area contributed by atoms with E-state index in [1.165, 1.54) is 18.3 Å². The molecule has 0 spiro atoms. The Labute approximate surface area is 118 Å². The quantitative estimate of drug-likeness (QED) is 0.648. The molecule has 2 aromatic rings. The van der Waals surface area contributed by atoms with Gasteiger partial charge in [-0.3, -0.25) is 14.9 Å². The van der Waals surface area contributed by atoms with Crippen LogP contribution in [0.4, 0.5) is 11.4 Å². The molecule has 2 rings (SSSR count). The molecule has 0 aliphatic heterocycles. The van der Waals surface area contributed by atoms with Crippen molar-refractivity contribution < 1.29 is 4.92 Å². The second-order valence-electron chi connectivity index (χ2n) is 4.03. The maximum atomic E-state index is 11.2. The smallest absolute Gasteiger partial charge is 0.285 e. The lowest BCUT2D eigenvalue weighted by atomic mass is 10.1. The highest BCUT2D eigenvalue weighted by molar-refractivity contribution is 6.32. The SMILES string of the molecule is O=c1[nH]ncc(NCCc2ccc([N+](=O)[O-])cc2)c1Cl. The molecule has 0 aliphatic rings. The Hall–Kier alpha value is -2.41. The third kappa shape index (κ3) is 3.33. The van der Waals surface area contributed by atoms with Crippen LogP contribution in [0, 0.1) is 10.1 Å². The second kappa shape index (κ2) is 6.16. The van der Waals surface area contributed by atoms with Crippen LogP contribution in [0.15, 0.2) is 35.3 Å². The van der Waals surface area contributed by atoms with Crippen molar-refractivity contribution in [2.45, 2.75) is 6.42 Å². The summed E-state index contributed by atoms with van der Waals surface area (Å²) in [6.07, 6.45) is 2.07. The number of H-pyrrole nitrogens is 1. The average Bonchev–Trinajstić information content (AvgIpc) is 2.44. The van der Waals surface area contributed by atoms with E-state index in [4.69, 9.17) is 11.6 Å². The van der Waals surface area contributed by atoms with Crippen LogP contribution in [0.3, 0.4) is 0 Å². The van der Waals surface area contributed by atoms with E-state index in [1.54, 1.807) is 12.1 Å². The van der Waals surface area contributed by atoms with Gasteiger partial charge in [0, 0.05) is 18.7 Å². The van der Waals surface area contributed by atoms with Crippen LogP contribution in [0.2, 0.25) is 5.02 Å². The number of aromatic amines is 1.